The second-order valence-corrected chi connectivity index (χ2v) is 4.28. The smallest absolute Gasteiger partial charge is 0.0234 e. The van der Waals surface area contributed by atoms with Crippen LogP contribution in [0, 0.1) is 5.92 Å². The summed E-state index contributed by atoms with van der Waals surface area (Å²) in [7, 11) is 0. The summed E-state index contributed by atoms with van der Waals surface area (Å²) in [5.41, 5.74) is 0. The van der Waals surface area contributed by atoms with Crippen molar-refractivity contribution in [3.8, 4) is 0 Å². The maximum atomic E-state index is 2.39. The Hall–Kier alpha value is -0.260. The zero-order chi connectivity index (χ0) is 10.6. The minimum absolute atomic E-state index is 0.853. The normalized spacial score (nSPS) is 13.6. The van der Waals surface area contributed by atoms with E-state index in [1.54, 1.807) is 0 Å². The Bertz CT molecular complexity index is 124. The topological polar surface area (TPSA) is 0 Å². The van der Waals surface area contributed by atoms with Crippen LogP contribution in [0.4, 0.5) is 0 Å². The Morgan fingerprint density at radius 3 is 2.14 bits per heavy atom. The van der Waals surface area contributed by atoms with Crippen LogP contribution in [0.25, 0.3) is 0 Å². The van der Waals surface area contributed by atoms with E-state index >= 15 is 0 Å². The molecule has 84 valence electrons. The van der Waals surface area contributed by atoms with Crippen molar-refractivity contribution in [3.05, 3.63) is 12.2 Å². The van der Waals surface area contributed by atoms with Gasteiger partial charge in [0.15, 0.2) is 0 Å². The van der Waals surface area contributed by atoms with Gasteiger partial charge in [0.05, 0.1) is 0 Å². The van der Waals surface area contributed by atoms with Crippen molar-refractivity contribution in [1.29, 1.82) is 0 Å². The molecule has 0 rings (SSSR count). The Balaban J connectivity index is 3.40. The Kier molecular flexibility index (Phi) is 10.6. The average Bonchev–Trinajstić information content (AvgIpc) is 2.18. The van der Waals surface area contributed by atoms with Gasteiger partial charge < -0.3 is 0 Å². The van der Waals surface area contributed by atoms with Gasteiger partial charge >= 0.3 is 0 Å². The van der Waals surface area contributed by atoms with E-state index in [2.05, 4.69) is 32.9 Å². The standard InChI is InChI=1S/C14H28/c1-4-7-8-9-10-13-14(11-5-2)12-6-3/h5,11,14H,4,6-10,12-13H2,1-3H3. The van der Waals surface area contributed by atoms with Gasteiger partial charge in [-0.25, -0.2) is 0 Å². The summed E-state index contributed by atoms with van der Waals surface area (Å²) >= 11 is 0. The first-order chi connectivity index (χ1) is 6.85. The van der Waals surface area contributed by atoms with E-state index in [0.29, 0.717) is 0 Å². The molecule has 0 aromatic rings. The zero-order valence-electron chi connectivity index (χ0n) is 10.4. The third kappa shape index (κ3) is 8.34. The minimum atomic E-state index is 0.853. The average molecular weight is 196 g/mol. The lowest BCUT2D eigenvalue weighted by molar-refractivity contribution is 0.492. The highest BCUT2D eigenvalue weighted by molar-refractivity contribution is 4.85. The molecule has 0 spiro atoms. The summed E-state index contributed by atoms with van der Waals surface area (Å²) in [6, 6.07) is 0. The van der Waals surface area contributed by atoms with Crippen LogP contribution in [-0.2, 0) is 0 Å². The van der Waals surface area contributed by atoms with E-state index < -0.39 is 0 Å². The van der Waals surface area contributed by atoms with Gasteiger partial charge in [0, 0.05) is 0 Å². The van der Waals surface area contributed by atoms with Gasteiger partial charge in [-0.2, -0.15) is 0 Å². The van der Waals surface area contributed by atoms with Crippen molar-refractivity contribution in [2.24, 2.45) is 5.92 Å². The molecule has 0 fully saturated rings. The summed E-state index contributed by atoms with van der Waals surface area (Å²) < 4.78 is 0. The van der Waals surface area contributed by atoms with Crippen molar-refractivity contribution < 1.29 is 0 Å². The van der Waals surface area contributed by atoms with Crippen molar-refractivity contribution in [2.75, 3.05) is 0 Å². The predicted molar refractivity (Wildman–Crippen MR) is 66.6 cm³/mol. The summed E-state index contributed by atoms with van der Waals surface area (Å²) in [6.45, 7) is 6.70. The van der Waals surface area contributed by atoms with Crippen LogP contribution in [0.1, 0.15) is 72.1 Å². The molecule has 0 N–H and O–H groups in total. The molecule has 0 saturated heterocycles. The number of allylic oxidation sites excluding steroid dienone is 2. The largest absolute Gasteiger partial charge is 0.0914 e. The second-order valence-electron chi connectivity index (χ2n) is 4.28. The maximum absolute atomic E-state index is 2.39. The van der Waals surface area contributed by atoms with Crippen LogP contribution in [0.2, 0.25) is 0 Å². The molecular formula is C14H28. The molecule has 0 aliphatic heterocycles. The number of hydrogen-bond donors (Lipinski definition) is 0. The lowest BCUT2D eigenvalue weighted by atomic mass is 9.96. The fourth-order valence-electron chi connectivity index (χ4n) is 1.99. The summed E-state index contributed by atoms with van der Waals surface area (Å²) in [6.07, 6.45) is 15.8. The highest BCUT2D eigenvalue weighted by atomic mass is 14.1. The van der Waals surface area contributed by atoms with Gasteiger partial charge in [-0.1, -0.05) is 64.5 Å². The molecule has 1 unspecified atom stereocenters. The number of hydrogen-bond acceptors (Lipinski definition) is 0. The van der Waals surface area contributed by atoms with E-state index in [1.165, 1.54) is 51.4 Å². The Labute approximate surface area is 90.8 Å². The van der Waals surface area contributed by atoms with Crippen LogP contribution in [0.5, 0.6) is 0 Å². The van der Waals surface area contributed by atoms with Gasteiger partial charge in [-0.05, 0) is 25.7 Å². The zero-order valence-corrected chi connectivity index (χ0v) is 10.4. The summed E-state index contributed by atoms with van der Waals surface area (Å²) in [5.74, 6) is 0.853. The molecule has 0 aromatic carbocycles. The minimum Gasteiger partial charge on any atom is -0.0914 e. The lowest BCUT2D eigenvalue weighted by Crippen LogP contribution is -1.95. The highest BCUT2D eigenvalue weighted by Gasteiger charge is 2.02. The molecule has 0 heterocycles. The summed E-state index contributed by atoms with van der Waals surface area (Å²) in [4.78, 5) is 0. The quantitative estimate of drug-likeness (QED) is 0.345. The molecule has 0 aliphatic rings. The Morgan fingerprint density at radius 1 is 0.857 bits per heavy atom. The molecule has 0 aromatic heterocycles. The van der Waals surface area contributed by atoms with Crippen LogP contribution in [0.3, 0.4) is 0 Å². The van der Waals surface area contributed by atoms with Crippen LogP contribution in [0.15, 0.2) is 12.2 Å². The molecule has 0 nitrogen and oxygen atoms in total. The lowest BCUT2D eigenvalue weighted by Gasteiger charge is -2.10. The first-order valence-corrected chi connectivity index (χ1v) is 6.47. The fourth-order valence-corrected chi connectivity index (χ4v) is 1.99. The molecule has 0 heteroatoms. The van der Waals surface area contributed by atoms with Gasteiger partial charge in [-0.15, -0.1) is 0 Å². The predicted octanol–water partition coefficient (Wildman–Crippen LogP) is 5.34. The summed E-state index contributed by atoms with van der Waals surface area (Å²) in [5, 5.41) is 0. The van der Waals surface area contributed by atoms with Gasteiger partial charge in [0.2, 0.25) is 0 Å². The van der Waals surface area contributed by atoms with E-state index in [9.17, 15) is 0 Å². The molecule has 1 atom stereocenters. The number of unbranched alkanes of at least 4 members (excludes halogenated alkanes) is 4. The highest BCUT2D eigenvalue weighted by Crippen LogP contribution is 2.17. The van der Waals surface area contributed by atoms with Crippen molar-refractivity contribution in [1.82, 2.24) is 0 Å². The third-order valence-electron chi connectivity index (χ3n) is 2.80. The molecule has 0 radical (unpaired) electrons. The van der Waals surface area contributed by atoms with E-state index in [4.69, 9.17) is 0 Å². The van der Waals surface area contributed by atoms with E-state index in [1.807, 2.05) is 0 Å². The first kappa shape index (κ1) is 13.7. The molecule has 0 saturated carbocycles. The van der Waals surface area contributed by atoms with Crippen molar-refractivity contribution in [2.45, 2.75) is 72.1 Å². The molecule has 0 amide bonds. The third-order valence-corrected chi connectivity index (χ3v) is 2.80. The van der Waals surface area contributed by atoms with Crippen LogP contribution < -0.4 is 0 Å². The van der Waals surface area contributed by atoms with Gasteiger partial charge in [0.1, 0.15) is 0 Å². The SMILES string of the molecule is CC=CC(CCC)CCCCCCC. The molecular weight excluding hydrogens is 168 g/mol. The second kappa shape index (κ2) is 10.8. The first-order valence-electron chi connectivity index (χ1n) is 6.47. The molecule has 0 aliphatic carbocycles. The van der Waals surface area contributed by atoms with Crippen LogP contribution >= 0.6 is 0 Å². The molecule has 0 bridgehead atoms. The van der Waals surface area contributed by atoms with Gasteiger partial charge in [0.25, 0.3) is 0 Å². The maximum Gasteiger partial charge on any atom is -0.0234 e. The van der Waals surface area contributed by atoms with Crippen molar-refractivity contribution in [3.63, 3.8) is 0 Å². The Morgan fingerprint density at radius 2 is 1.57 bits per heavy atom. The van der Waals surface area contributed by atoms with Crippen molar-refractivity contribution >= 4 is 0 Å². The molecule has 14 heavy (non-hydrogen) atoms. The number of rotatable bonds is 9. The van der Waals surface area contributed by atoms with Crippen LogP contribution in [-0.4, -0.2) is 0 Å². The van der Waals surface area contributed by atoms with E-state index in [0.717, 1.165) is 5.92 Å². The fraction of sp³-hybridized carbons (Fsp3) is 0.857. The monoisotopic (exact) mass is 196 g/mol. The van der Waals surface area contributed by atoms with E-state index in [-0.39, 0.29) is 0 Å². The van der Waals surface area contributed by atoms with Gasteiger partial charge in [-0.3, -0.25) is 0 Å².